The second-order valence-electron chi connectivity index (χ2n) is 9.49. The van der Waals surface area contributed by atoms with E-state index in [2.05, 4.69) is 55.4 Å². The van der Waals surface area contributed by atoms with Crippen molar-refractivity contribution in [1.29, 1.82) is 0 Å². The highest BCUT2D eigenvalue weighted by Crippen LogP contribution is 2.22. The Labute approximate surface area is 167 Å². The van der Waals surface area contributed by atoms with Gasteiger partial charge in [-0.1, -0.05) is 68.2 Å². The SMILES string of the molecule is CC(C)CCC(COC(=O)CC(=O)OCC(CCC(C)C)C(C)C)C(C)C. The molecule has 0 aliphatic carbocycles. The highest BCUT2D eigenvalue weighted by Gasteiger charge is 2.20. The number of hydrogen-bond donors (Lipinski definition) is 0. The molecule has 4 heteroatoms. The monoisotopic (exact) mass is 384 g/mol. The van der Waals surface area contributed by atoms with E-state index in [-0.39, 0.29) is 6.42 Å². The Bertz CT molecular complexity index is 375. The van der Waals surface area contributed by atoms with Crippen molar-refractivity contribution in [2.24, 2.45) is 35.5 Å². The highest BCUT2D eigenvalue weighted by molar-refractivity contribution is 5.91. The molecule has 0 rings (SSSR count). The molecule has 4 nitrogen and oxygen atoms in total. The van der Waals surface area contributed by atoms with Crippen LogP contribution < -0.4 is 0 Å². The predicted octanol–water partition coefficient (Wildman–Crippen LogP) is 5.88. The zero-order chi connectivity index (χ0) is 21.0. The molecule has 0 aliphatic rings. The topological polar surface area (TPSA) is 52.6 Å². The third kappa shape index (κ3) is 13.7. The molecular weight excluding hydrogens is 340 g/mol. The Kier molecular flexibility index (Phi) is 13.5. The maximum Gasteiger partial charge on any atom is 0.317 e. The summed E-state index contributed by atoms with van der Waals surface area (Å²) in [6, 6.07) is 0. The molecule has 0 amide bonds. The summed E-state index contributed by atoms with van der Waals surface area (Å²) in [6.07, 6.45) is 4.03. The third-order valence-corrected chi connectivity index (χ3v) is 5.32. The van der Waals surface area contributed by atoms with Gasteiger partial charge >= 0.3 is 11.9 Å². The van der Waals surface area contributed by atoms with Gasteiger partial charge in [0.15, 0.2) is 0 Å². The first kappa shape index (κ1) is 25.9. The molecule has 0 bridgehead atoms. The standard InChI is InChI=1S/C23H44O4/c1-16(2)9-11-20(18(5)6)14-26-22(24)13-23(25)27-15-21(19(7)8)12-10-17(3)4/h16-21H,9-15H2,1-8H3. The van der Waals surface area contributed by atoms with Gasteiger partial charge in [0.1, 0.15) is 6.42 Å². The van der Waals surface area contributed by atoms with E-state index in [1.165, 1.54) is 0 Å². The number of esters is 2. The lowest BCUT2D eigenvalue weighted by Gasteiger charge is -2.22. The van der Waals surface area contributed by atoms with Crippen LogP contribution in [0.25, 0.3) is 0 Å². The van der Waals surface area contributed by atoms with Crippen LogP contribution in [0.2, 0.25) is 0 Å². The summed E-state index contributed by atoms with van der Waals surface area (Å²) >= 11 is 0. The molecule has 2 unspecified atom stereocenters. The zero-order valence-corrected chi connectivity index (χ0v) is 19.0. The van der Waals surface area contributed by atoms with Crippen molar-refractivity contribution in [1.82, 2.24) is 0 Å². The molecule has 0 fully saturated rings. The lowest BCUT2D eigenvalue weighted by molar-refractivity contribution is -0.156. The summed E-state index contributed by atoms with van der Waals surface area (Å²) in [5.41, 5.74) is 0. The van der Waals surface area contributed by atoms with E-state index in [0.29, 0.717) is 48.7 Å². The van der Waals surface area contributed by atoms with Crippen LogP contribution in [0.4, 0.5) is 0 Å². The number of hydrogen-bond acceptors (Lipinski definition) is 4. The number of rotatable bonds is 14. The molecule has 0 saturated heterocycles. The molecule has 0 aliphatic heterocycles. The van der Waals surface area contributed by atoms with Gasteiger partial charge in [-0.2, -0.15) is 0 Å². The molecule has 160 valence electrons. The average Bonchev–Trinajstić information content (AvgIpc) is 2.53. The maximum absolute atomic E-state index is 12.0. The van der Waals surface area contributed by atoms with Crippen molar-refractivity contribution in [2.75, 3.05) is 13.2 Å². The van der Waals surface area contributed by atoms with Crippen molar-refractivity contribution in [2.45, 2.75) is 87.5 Å². The largest absolute Gasteiger partial charge is 0.465 e. The van der Waals surface area contributed by atoms with Crippen molar-refractivity contribution >= 4 is 11.9 Å². The maximum atomic E-state index is 12.0. The Hall–Kier alpha value is -1.06. The Morgan fingerprint density at radius 2 is 0.926 bits per heavy atom. The predicted molar refractivity (Wildman–Crippen MR) is 111 cm³/mol. The Morgan fingerprint density at radius 1 is 0.593 bits per heavy atom. The molecule has 0 heterocycles. The van der Waals surface area contributed by atoms with E-state index < -0.39 is 11.9 Å². The first-order valence-electron chi connectivity index (χ1n) is 10.8. The van der Waals surface area contributed by atoms with Crippen LogP contribution in [0, 0.1) is 35.5 Å². The normalized spacial score (nSPS) is 14.1. The van der Waals surface area contributed by atoms with Gasteiger partial charge in [0.25, 0.3) is 0 Å². The minimum atomic E-state index is -0.474. The van der Waals surface area contributed by atoms with Crippen LogP contribution in [-0.4, -0.2) is 25.2 Å². The first-order chi connectivity index (χ1) is 12.5. The Morgan fingerprint density at radius 3 is 1.19 bits per heavy atom. The quantitative estimate of drug-likeness (QED) is 0.277. The fraction of sp³-hybridized carbons (Fsp3) is 0.913. The molecule has 0 aromatic rings. The smallest absolute Gasteiger partial charge is 0.317 e. The molecule has 0 N–H and O–H groups in total. The second-order valence-corrected chi connectivity index (χ2v) is 9.49. The molecule has 0 aromatic heterocycles. The fourth-order valence-corrected chi connectivity index (χ4v) is 2.93. The van der Waals surface area contributed by atoms with Crippen molar-refractivity contribution < 1.29 is 19.1 Å². The van der Waals surface area contributed by atoms with Crippen molar-refractivity contribution in [3.05, 3.63) is 0 Å². The summed E-state index contributed by atoms with van der Waals surface area (Å²) in [4.78, 5) is 24.0. The average molecular weight is 385 g/mol. The van der Waals surface area contributed by atoms with Crippen molar-refractivity contribution in [3.8, 4) is 0 Å². The number of carbonyl (C=O) groups is 2. The summed E-state index contributed by atoms with van der Waals surface area (Å²) in [5.74, 6) is 1.93. The first-order valence-corrected chi connectivity index (χ1v) is 10.8. The van der Waals surface area contributed by atoms with Gasteiger partial charge in [0.05, 0.1) is 13.2 Å². The van der Waals surface area contributed by atoms with Gasteiger partial charge in [-0.25, -0.2) is 0 Å². The van der Waals surface area contributed by atoms with Gasteiger partial charge < -0.3 is 9.47 Å². The van der Waals surface area contributed by atoms with E-state index in [9.17, 15) is 9.59 Å². The molecule has 0 radical (unpaired) electrons. The lowest BCUT2D eigenvalue weighted by atomic mass is 9.89. The summed E-state index contributed by atoms with van der Waals surface area (Å²) in [7, 11) is 0. The number of carbonyl (C=O) groups excluding carboxylic acids is 2. The van der Waals surface area contributed by atoms with E-state index >= 15 is 0 Å². The second kappa shape index (κ2) is 14.0. The Balaban J connectivity index is 4.26. The zero-order valence-electron chi connectivity index (χ0n) is 19.0. The molecular formula is C23H44O4. The summed E-state index contributed by atoms with van der Waals surface area (Å²) in [6.45, 7) is 18.2. The highest BCUT2D eigenvalue weighted by atomic mass is 16.6. The fourth-order valence-electron chi connectivity index (χ4n) is 2.93. The molecule has 0 spiro atoms. The summed E-state index contributed by atoms with van der Waals surface area (Å²) < 4.78 is 10.7. The van der Waals surface area contributed by atoms with Gasteiger partial charge in [0, 0.05) is 0 Å². The van der Waals surface area contributed by atoms with Gasteiger partial charge in [-0.15, -0.1) is 0 Å². The van der Waals surface area contributed by atoms with Crippen LogP contribution in [0.3, 0.4) is 0 Å². The third-order valence-electron chi connectivity index (χ3n) is 5.32. The van der Waals surface area contributed by atoms with Gasteiger partial charge in [-0.05, 0) is 48.3 Å². The molecule has 27 heavy (non-hydrogen) atoms. The molecule has 0 aromatic carbocycles. The van der Waals surface area contributed by atoms with Crippen LogP contribution >= 0.6 is 0 Å². The minimum Gasteiger partial charge on any atom is -0.465 e. The van der Waals surface area contributed by atoms with E-state index in [1.807, 2.05) is 0 Å². The number of ether oxygens (including phenoxy) is 2. The van der Waals surface area contributed by atoms with Crippen LogP contribution in [0.1, 0.15) is 87.5 Å². The van der Waals surface area contributed by atoms with Crippen LogP contribution in [0.5, 0.6) is 0 Å². The minimum absolute atomic E-state index is 0.288. The summed E-state index contributed by atoms with van der Waals surface area (Å²) in [5, 5.41) is 0. The van der Waals surface area contributed by atoms with E-state index in [4.69, 9.17) is 9.47 Å². The van der Waals surface area contributed by atoms with Crippen LogP contribution in [0.15, 0.2) is 0 Å². The van der Waals surface area contributed by atoms with Crippen LogP contribution in [-0.2, 0) is 19.1 Å². The van der Waals surface area contributed by atoms with Crippen molar-refractivity contribution in [3.63, 3.8) is 0 Å². The van der Waals surface area contributed by atoms with E-state index in [1.54, 1.807) is 0 Å². The van der Waals surface area contributed by atoms with Gasteiger partial charge in [-0.3, -0.25) is 9.59 Å². The molecule has 0 saturated carbocycles. The molecule has 2 atom stereocenters. The van der Waals surface area contributed by atoms with E-state index in [0.717, 1.165) is 25.7 Å². The lowest BCUT2D eigenvalue weighted by Crippen LogP contribution is -2.23. The van der Waals surface area contributed by atoms with Gasteiger partial charge in [0.2, 0.25) is 0 Å².